The van der Waals surface area contributed by atoms with Crippen LogP contribution >= 0.6 is 0 Å². The van der Waals surface area contributed by atoms with Gasteiger partial charge in [-0.25, -0.2) is 4.79 Å². The fraction of sp³-hybridized carbons (Fsp3) is 0.476. The Bertz CT molecular complexity index is 835. The van der Waals surface area contributed by atoms with Gasteiger partial charge in [-0.2, -0.15) is 0 Å². The minimum absolute atomic E-state index is 0.0796. The second-order valence-electron chi connectivity index (χ2n) is 6.90. The number of rotatable bonds is 2. The van der Waals surface area contributed by atoms with Crippen molar-refractivity contribution in [2.24, 2.45) is 5.92 Å². The fourth-order valence-corrected chi connectivity index (χ4v) is 2.87. The first-order valence-electron chi connectivity index (χ1n) is 9.30. The number of ketones is 2. The molecule has 0 saturated carbocycles. The van der Waals surface area contributed by atoms with Crippen LogP contribution in [0.25, 0.3) is 0 Å². The minimum atomic E-state index is -1.39. The number of aliphatic hydroxyl groups is 1. The molecular formula is C21H25NO6. The molecule has 0 saturated heterocycles. The molecule has 0 spiro atoms. The topological polar surface area (TPSA) is 113 Å². The molecule has 0 amide bonds. The van der Waals surface area contributed by atoms with E-state index in [0.29, 0.717) is 18.7 Å². The number of carbonyl (C=O) groups is 3. The van der Waals surface area contributed by atoms with Crippen molar-refractivity contribution < 1.29 is 29.3 Å². The van der Waals surface area contributed by atoms with Gasteiger partial charge in [0.1, 0.15) is 23.5 Å². The van der Waals surface area contributed by atoms with Crippen LogP contribution in [0.4, 0.5) is 5.69 Å². The lowest BCUT2D eigenvalue weighted by molar-refractivity contribution is -0.141. The molecule has 2 rings (SSSR count). The Hall–Kier alpha value is -2.85. The van der Waals surface area contributed by atoms with Crippen molar-refractivity contribution in [3.63, 3.8) is 0 Å². The largest absolute Gasteiger partial charge is 0.507 e. The van der Waals surface area contributed by atoms with Crippen molar-refractivity contribution in [1.82, 2.24) is 0 Å². The number of ether oxygens (including phenoxy) is 1. The summed E-state index contributed by atoms with van der Waals surface area (Å²) in [6.45, 7) is 5.98. The van der Waals surface area contributed by atoms with Crippen LogP contribution in [0.5, 0.6) is 5.75 Å². The lowest BCUT2D eigenvalue weighted by Crippen LogP contribution is -2.30. The van der Waals surface area contributed by atoms with Gasteiger partial charge in [0.2, 0.25) is 11.6 Å². The minimum Gasteiger partial charge on any atom is -0.507 e. The third-order valence-electron chi connectivity index (χ3n) is 4.74. The Morgan fingerprint density at radius 3 is 2.61 bits per heavy atom. The van der Waals surface area contributed by atoms with Crippen LogP contribution in [0.2, 0.25) is 0 Å². The molecule has 150 valence electrons. The molecular weight excluding hydrogens is 362 g/mol. The maximum Gasteiger partial charge on any atom is 0.343 e. The first-order valence-corrected chi connectivity index (χ1v) is 9.30. The molecule has 1 heterocycles. The number of hydrogen-bond acceptors (Lipinski definition) is 7. The number of anilines is 1. The average molecular weight is 387 g/mol. The normalized spacial score (nSPS) is 23.7. The predicted molar refractivity (Wildman–Crippen MR) is 103 cm³/mol. The Morgan fingerprint density at radius 1 is 1.21 bits per heavy atom. The summed E-state index contributed by atoms with van der Waals surface area (Å²) >= 11 is 0. The standard InChI is InChI=1S/C21H25NO6/c1-4-22-15-10-14-6-5-7-16(23)20(26)17(24)9-8-12(2)13(3)28-21(27)19(14)18(25)11-15/h10-13,17,22,24-25H,4,7-9H2,1-3H3/t12-,13+,17?/m1/s1. The Kier molecular flexibility index (Phi) is 7.18. The number of nitrogens with one attached hydrogen (secondary N) is 1. The van der Waals surface area contributed by atoms with Gasteiger partial charge in [-0.15, -0.1) is 0 Å². The van der Waals surface area contributed by atoms with E-state index < -0.39 is 29.7 Å². The van der Waals surface area contributed by atoms with E-state index in [0.717, 1.165) is 0 Å². The van der Waals surface area contributed by atoms with E-state index >= 15 is 0 Å². The van der Waals surface area contributed by atoms with Gasteiger partial charge in [-0.1, -0.05) is 18.8 Å². The zero-order valence-electron chi connectivity index (χ0n) is 16.2. The summed E-state index contributed by atoms with van der Waals surface area (Å²) in [6.07, 6.45) is -1.82. The molecule has 7 heteroatoms. The van der Waals surface area contributed by atoms with Crippen LogP contribution in [-0.4, -0.2) is 46.5 Å². The van der Waals surface area contributed by atoms with Crippen LogP contribution in [0.1, 0.15) is 56.0 Å². The highest BCUT2D eigenvalue weighted by Crippen LogP contribution is 2.28. The van der Waals surface area contributed by atoms with E-state index in [9.17, 15) is 24.6 Å². The molecule has 0 bridgehead atoms. The van der Waals surface area contributed by atoms with Gasteiger partial charge in [-0.05, 0) is 38.7 Å². The monoisotopic (exact) mass is 387 g/mol. The van der Waals surface area contributed by atoms with Crippen LogP contribution < -0.4 is 5.32 Å². The van der Waals surface area contributed by atoms with Crippen molar-refractivity contribution in [3.05, 3.63) is 23.3 Å². The van der Waals surface area contributed by atoms with Crippen molar-refractivity contribution in [3.8, 4) is 17.6 Å². The molecule has 28 heavy (non-hydrogen) atoms. The lowest BCUT2D eigenvalue weighted by atomic mass is 9.95. The second kappa shape index (κ2) is 9.38. The maximum atomic E-state index is 12.7. The van der Waals surface area contributed by atoms with Gasteiger partial charge >= 0.3 is 5.97 Å². The van der Waals surface area contributed by atoms with Crippen molar-refractivity contribution >= 4 is 23.2 Å². The van der Waals surface area contributed by atoms with Crippen LogP contribution in [0.15, 0.2) is 12.1 Å². The molecule has 3 N–H and O–H groups in total. The van der Waals surface area contributed by atoms with Gasteiger partial charge in [0.15, 0.2) is 0 Å². The lowest BCUT2D eigenvalue weighted by Gasteiger charge is -2.22. The molecule has 0 radical (unpaired) electrons. The molecule has 1 aliphatic heterocycles. The highest BCUT2D eigenvalue weighted by Gasteiger charge is 2.27. The van der Waals surface area contributed by atoms with E-state index in [2.05, 4.69) is 17.2 Å². The summed E-state index contributed by atoms with van der Waals surface area (Å²) in [5, 5.41) is 23.3. The molecule has 1 aromatic rings. The summed E-state index contributed by atoms with van der Waals surface area (Å²) in [5.74, 6) is 2.41. The number of esters is 1. The highest BCUT2D eigenvalue weighted by atomic mass is 16.5. The average Bonchev–Trinajstić information content (AvgIpc) is 2.64. The quantitative estimate of drug-likeness (QED) is 0.404. The Morgan fingerprint density at radius 2 is 1.93 bits per heavy atom. The third-order valence-corrected chi connectivity index (χ3v) is 4.74. The fourth-order valence-electron chi connectivity index (χ4n) is 2.87. The molecule has 0 fully saturated rings. The number of fused-ring (bicyclic) bond motifs is 1. The zero-order valence-corrected chi connectivity index (χ0v) is 16.2. The number of phenolic OH excluding ortho intramolecular Hbond substituents is 1. The van der Waals surface area contributed by atoms with E-state index in [1.165, 1.54) is 6.07 Å². The number of carbonyl (C=O) groups excluding carboxylic acids is 3. The van der Waals surface area contributed by atoms with Crippen LogP contribution in [-0.2, 0) is 14.3 Å². The molecule has 1 aliphatic rings. The van der Waals surface area contributed by atoms with Crippen molar-refractivity contribution in [2.45, 2.75) is 52.2 Å². The first-order chi connectivity index (χ1) is 13.2. The summed E-state index contributed by atoms with van der Waals surface area (Å²) in [7, 11) is 0. The van der Waals surface area contributed by atoms with Crippen LogP contribution in [0.3, 0.4) is 0 Å². The molecule has 1 aromatic carbocycles. The van der Waals surface area contributed by atoms with Crippen molar-refractivity contribution in [1.29, 1.82) is 0 Å². The second-order valence-corrected chi connectivity index (χ2v) is 6.90. The number of aliphatic hydroxyl groups excluding tert-OH is 1. The molecule has 0 aliphatic carbocycles. The number of cyclic esters (lactones) is 1. The van der Waals surface area contributed by atoms with Crippen LogP contribution in [0, 0.1) is 17.8 Å². The van der Waals surface area contributed by atoms with E-state index in [4.69, 9.17) is 4.74 Å². The number of phenols is 1. The molecule has 7 nitrogen and oxygen atoms in total. The summed E-state index contributed by atoms with van der Waals surface area (Å²) in [4.78, 5) is 36.6. The number of Topliss-reactive ketones (excluding diaryl/α,β-unsaturated/α-hetero) is 2. The van der Waals surface area contributed by atoms with E-state index in [-0.39, 0.29) is 35.6 Å². The third kappa shape index (κ3) is 5.11. The van der Waals surface area contributed by atoms with E-state index in [1.54, 1.807) is 13.0 Å². The van der Waals surface area contributed by atoms with Gasteiger partial charge in [-0.3, -0.25) is 9.59 Å². The molecule has 0 aromatic heterocycles. The summed E-state index contributed by atoms with van der Waals surface area (Å²) in [6, 6.07) is 2.99. The number of benzene rings is 1. The smallest absolute Gasteiger partial charge is 0.343 e. The number of hydrogen-bond donors (Lipinski definition) is 3. The maximum absolute atomic E-state index is 12.7. The van der Waals surface area contributed by atoms with Crippen molar-refractivity contribution in [2.75, 3.05) is 11.9 Å². The summed E-state index contributed by atoms with van der Waals surface area (Å²) < 4.78 is 5.48. The predicted octanol–water partition coefficient (Wildman–Crippen LogP) is 2.04. The molecule has 1 unspecified atom stereocenters. The van der Waals surface area contributed by atoms with Gasteiger partial charge < -0.3 is 20.3 Å². The first kappa shape index (κ1) is 21.5. The zero-order chi connectivity index (χ0) is 20.8. The Balaban J connectivity index is 2.50. The molecule has 3 atom stereocenters. The SMILES string of the molecule is CCNc1cc(O)c2c(c1)C#CCC(=O)C(=O)C(O)CC[C@@H](C)[C@H](C)OC2=O. The highest BCUT2D eigenvalue weighted by molar-refractivity contribution is 6.39. The summed E-state index contributed by atoms with van der Waals surface area (Å²) in [5.41, 5.74) is 0.670. The Labute approximate surface area is 164 Å². The van der Waals surface area contributed by atoms with Gasteiger partial charge in [0, 0.05) is 23.9 Å². The number of aromatic hydroxyl groups is 1. The van der Waals surface area contributed by atoms with Gasteiger partial charge in [0.05, 0.1) is 6.42 Å². The van der Waals surface area contributed by atoms with Gasteiger partial charge in [0.25, 0.3) is 0 Å². The van der Waals surface area contributed by atoms with E-state index in [1.807, 2.05) is 13.8 Å².